The average Bonchev–Trinajstić information content (AvgIpc) is 3.08. The SMILES string of the molecule is CCCCOC(=O)N1CCN(C(=O)[C@H](CP(=O)(OCC)OCC)NC(=O)c2cc(-c3ccccc3)cc(-c3ccc(F)cc3)n2)CC1. The Hall–Kier alpha value is -4.12. The third-order valence-electron chi connectivity index (χ3n) is 7.54. The first-order chi connectivity index (χ1) is 22.7. The number of ether oxygens (including phenoxy) is 1. The highest BCUT2D eigenvalue weighted by Gasteiger charge is 2.37. The number of nitrogens with one attached hydrogen (secondary N) is 1. The smallest absolute Gasteiger partial charge is 0.409 e. The summed E-state index contributed by atoms with van der Waals surface area (Å²) in [4.78, 5) is 47.9. The molecule has 252 valence electrons. The van der Waals surface area contributed by atoms with Crippen molar-refractivity contribution in [1.29, 1.82) is 0 Å². The van der Waals surface area contributed by atoms with E-state index in [-0.39, 0.29) is 45.1 Å². The van der Waals surface area contributed by atoms with E-state index in [2.05, 4.69) is 10.3 Å². The molecule has 1 aromatic heterocycles. The molecule has 1 aliphatic heterocycles. The first-order valence-corrected chi connectivity index (χ1v) is 17.6. The van der Waals surface area contributed by atoms with Crippen molar-refractivity contribution in [2.45, 2.75) is 39.7 Å². The van der Waals surface area contributed by atoms with Gasteiger partial charge in [0.15, 0.2) is 0 Å². The molecule has 47 heavy (non-hydrogen) atoms. The van der Waals surface area contributed by atoms with Gasteiger partial charge in [0, 0.05) is 31.7 Å². The second-order valence-corrected chi connectivity index (χ2v) is 13.0. The normalized spacial score (nSPS) is 14.0. The van der Waals surface area contributed by atoms with Gasteiger partial charge in [-0.25, -0.2) is 14.2 Å². The van der Waals surface area contributed by atoms with Crippen LogP contribution in [0.3, 0.4) is 0 Å². The van der Waals surface area contributed by atoms with Crippen LogP contribution in [0, 0.1) is 5.82 Å². The van der Waals surface area contributed by atoms with Gasteiger partial charge >= 0.3 is 13.7 Å². The second kappa shape index (κ2) is 17.2. The van der Waals surface area contributed by atoms with Crippen LogP contribution < -0.4 is 5.32 Å². The van der Waals surface area contributed by atoms with E-state index < -0.39 is 43.5 Å². The summed E-state index contributed by atoms with van der Waals surface area (Å²) in [5.41, 5.74) is 2.53. The van der Waals surface area contributed by atoms with Gasteiger partial charge in [-0.15, -0.1) is 0 Å². The molecule has 0 aliphatic carbocycles. The molecule has 3 amide bonds. The molecule has 1 atom stereocenters. The molecule has 2 heterocycles. The first-order valence-electron chi connectivity index (χ1n) is 15.9. The fourth-order valence-corrected chi connectivity index (χ4v) is 6.88. The van der Waals surface area contributed by atoms with Gasteiger partial charge in [-0.05, 0) is 67.8 Å². The Kier molecular flexibility index (Phi) is 13.0. The van der Waals surface area contributed by atoms with Gasteiger partial charge in [0.25, 0.3) is 5.91 Å². The van der Waals surface area contributed by atoms with Crippen LogP contribution in [0.4, 0.5) is 9.18 Å². The highest BCUT2D eigenvalue weighted by Crippen LogP contribution is 2.48. The summed E-state index contributed by atoms with van der Waals surface area (Å²) in [5.74, 6) is -1.58. The molecule has 3 aromatic rings. The number of carbonyl (C=O) groups excluding carboxylic acids is 3. The largest absolute Gasteiger partial charge is 0.449 e. The van der Waals surface area contributed by atoms with Crippen molar-refractivity contribution in [2.75, 3.05) is 52.2 Å². The molecule has 13 heteroatoms. The maximum Gasteiger partial charge on any atom is 0.409 e. The lowest BCUT2D eigenvalue weighted by Crippen LogP contribution is -2.57. The molecule has 0 unspecified atom stereocenters. The number of amides is 3. The summed E-state index contributed by atoms with van der Waals surface area (Å²) in [6.45, 7) is 6.68. The predicted octanol–water partition coefficient (Wildman–Crippen LogP) is 6.00. The molecular weight excluding hydrogens is 626 g/mol. The molecule has 2 aromatic carbocycles. The number of rotatable bonds is 14. The van der Waals surface area contributed by atoms with E-state index in [4.69, 9.17) is 13.8 Å². The van der Waals surface area contributed by atoms with Crippen molar-refractivity contribution in [3.05, 3.63) is 78.2 Å². The van der Waals surface area contributed by atoms with E-state index in [1.165, 1.54) is 21.9 Å². The summed E-state index contributed by atoms with van der Waals surface area (Å²) in [6, 6.07) is 17.3. The van der Waals surface area contributed by atoms with Crippen molar-refractivity contribution < 1.29 is 37.1 Å². The van der Waals surface area contributed by atoms with Crippen LogP contribution in [0.5, 0.6) is 0 Å². The third-order valence-corrected chi connectivity index (χ3v) is 9.65. The number of benzene rings is 2. The minimum absolute atomic E-state index is 0.00535. The van der Waals surface area contributed by atoms with Crippen LogP contribution >= 0.6 is 7.60 Å². The lowest BCUT2D eigenvalue weighted by Gasteiger charge is -2.36. The zero-order valence-corrected chi connectivity index (χ0v) is 27.9. The molecule has 1 fully saturated rings. The van der Waals surface area contributed by atoms with Gasteiger partial charge < -0.3 is 28.9 Å². The van der Waals surface area contributed by atoms with Crippen LogP contribution in [0.25, 0.3) is 22.4 Å². The van der Waals surface area contributed by atoms with Gasteiger partial charge in [0.1, 0.15) is 17.6 Å². The Morgan fingerprint density at radius 1 is 0.872 bits per heavy atom. The van der Waals surface area contributed by atoms with E-state index in [1.807, 2.05) is 37.3 Å². The topological polar surface area (TPSA) is 127 Å². The number of hydrogen-bond donors (Lipinski definition) is 1. The first kappa shape index (κ1) is 35.7. The Labute approximate surface area is 274 Å². The van der Waals surface area contributed by atoms with Crippen molar-refractivity contribution in [2.24, 2.45) is 0 Å². The summed E-state index contributed by atoms with van der Waals surface area (Å²) in [5, 5.41) is 2.75. The monoisotopic (exact) mass is 668 g/mol. The molecule has 11 nitrogen and oxygen atoms in total. The van der Waals surface area contributed by atoms with Gasteiger partial charge in [0.05, 0.1) is 31.7 Å². The van der Waals surface area contributed by atoms with E-state index >= 15 is 0 Å². The van der Waals surface area contributed by atoms with Crippen LogP contribution in [-0.2, 0) is 23.1 Å². The summed E-state index contributed by atoms with van der Waals surface area (Å²) in [6.07, 6.45) is 0.825. The number of pyridine rings is 1. The fourth-order valence-electron chi connectivity index (χ4n) is 5.11. The van der Waals surface area contributed by atoms with Crippen molar-refractivity contribution in [1.82, 2.24) is 20.1 Å². The standard InChI is InChI=1S/C34H42FN4O7P/c1-4-7-21-44-34(42)39-19-17-38(18-20-39)33(41)31(24-47(43,45-5-2)46-6-3)37-32(40)30-23-27(25-11-9-8-10-12-25)22-29(36-30)26-13-15-28(35)16-14-26/h8-16,22-23,31H,4-7,17-21,24H2,1-3H3,(H,37,40)/t31-/m0/s1. The van der Waals surface area contributed by atoms with Crippen LogP contribution in [0.15, 0.2) is 66.7 Å². The van der Waals surface area contributed by atoms with E-state index in [1.54, 1.807) is 38.1 Å². The van der Waals surface area contributed by atoms with Crippen LogP contribution in [0.1, 0.15) is 44.1 Å². The molecule has 1 aliphatic rings. The lowest BCUT2D eigenvalue weighted by atomic mass is 10.0. The van der Waals surface area contributed by atoms with Gasteiger partial charge in [-0.2, -0.15) is 0 Å². The minimum Gasteiger partial charge on any atom is -0.449 e. The van der Waals surface area contributed by atoms with Crippen LogP contribution in [-0.4, -0.2) is 90.9 Å². The van der Waals surface area contributed by atoms with Gasteiger partial charge in [-0.3, -0.25) is 14.2 Å². The fraction of sp³-hybridized carbons (Fsp3) is 0.412. The molecule has 0 spiro atoms. The van der Waals surface area contributed by atoms with Crippen LogP contribution in [0.2, 0.25) is 0 Å². The highest BCUT2D eigenvalue weighted by atomic mass is 31.2. The zero-order chi connectivity index (χ0) is 33.8. The molecule has 0 saturated carbocycles. The zero-order valence-electron chi connectivity index (χ0n) is 27.0. The highest BCUT2D eigenvalue weighted by molar-refractivity contribution is 7.54. The average molecular weight is 669 g/mol. The Balaban J connectivity index is 1.61. The minimum atomic E-state index is -3.79. The number of aromatic nitrogens is 1. The number of carbonyl (C=O) groups is 3. The number of unbranched alkanes of at least 4 members (excludes halogenated alkanes) is 1. The quantitative estimate of drug-likeness (QED) is 0.164. The van der Waals surface area contributed by atoms with Gasteiger partial charge in [-0.1, -0.05) is 43.7 Å². The van der Waals surface area contributed by atoms with E-state index in [0.717, 1.165) is 18.4 Å². The summed E-state index contributed by atoms with van der Waals surface area (Å²) < 4.78 is 43.6. The Bertz CT molecular complexity index is 1540. The second-order valence-electron chi connectivity index (χ2n) is 10.9. The van der Waals surface area contributed by atoms with E-state index in [9.17, 15) is 23.3 Å². The molecular formula is C34H42FN4O7P. The van der Waals surface area contributed by atoms with Gasteiger partial charge in [0.2, 0.25) is 5.91 Å². The summed E-state index contributed by atoms with van der Waals surface area (Å²) in [7, 11) is -3.79. The van der Waals surface area contributed by atoms with E-state index in [0.29, 0.717) is 23.4 Å². The summed E-state index contributed by atoms with van der Waals surface area (Å²) >= 11 is 0. The Morgan fingerprint density at radius 3 is 2.13 bits per heavy atom. The van der Waals surface area contributed by atoms with Crippen molar-refractivity contribution in [3.63, 3.8) is 0 Å². The number of nitrogens with zero attached hydrogens (tertiary/aromatic N) is 3. The third kappa shape index (κ3) is 9.93. The van der Waals surface area contributed by atoms with Crippen molar-refractivity contribution >= 4 is 25.5 Å². The molecule has 0 bridgehead atoms. The molecule has 1 saturated heterocycles. The number of piperazine rings is 1. The number of halogens is 1. The Morgan fingerprint density at radius 2 is 1.51 bits per heavy atom. The van der Waals surface area contributed by atoms with Crippen molar-refractivity contribution in [3.8, 4) is 22.4 Å². The maximum atomic E-state index is 13.9. The predicted molar refractivity (Wildman–Crippen MR) is 176 cm³/mol. The maximum absolute atomic E-state index is 13.9. The number of hydrogen-bond acceptors (Lipinski definition) is 8. The molecule has 4 rings (SSSR count). The molecule has 0 radical (unpaired) electrons. The molecule has 1 N–H and O–H groups in total. The lowest BCUT2D eigenvalue weighted by molar-refractivity contribution is -0.134.